The standard InChI is InChI=1S/C14H19NO4/c1-10-5-6-11(19-10)13(18)15-14(9-12(16)17)7-3-2-4-8-14/h5-6H,2-4,7-9H2,1H3,(H,15,18)(H,16,17). The summed E-state index contributed by atoms with van der Waals surface area (Å²) in [5.41, 5.74) is -0.623. The molecule has 2 N–H and O–H groups in total. The summed E-state index contributed by atoms with van der Waals surface area (Å²) in [6.07, 6.45) is 4.39. The quantitative estimate of drug-likeness (QED) is 0.876. The molecule has 0 atom stereocenters. The van der Waals surface area contributed by atoms with Crippen LogP contribution >= 0.6 is 0 Å². The molecule has 1 saturated carbocycles. The highest BCUT2D eigenvalue weighted by Crippen LogP contribution is 2.31. The fourth-order valence-electron chi connectivity index (χ4n) is 2.72. The van der Waals surface area contributed by atoms with Crippen LogP contribution in [0.2, 0.25) is 0 Å². The van der Waals surface area contributed by atoms with E-state index in [1.165, 1.54) is 0 Å². The summed E-state index contributed by atoms with van der Waals surface area (Å²) in [7, 11) is 0. The highest BCUT2D eigenvalue weighted by atomic mass is 16.4. The molecular formula is C14H19NO4. The van der Waals surface area contributed by atoms with E-state index >= 15 is 0 Å². The summed E-state index contributed by atoms with van der Waals surface area (Å²) in [5, 5.41) is 11.9. The van der Waals surface area contributed by atoms with Crippen molar-refractivity contribution in [2.24, 2.45) is 0 Å². The summed E-state index contributed by atoms with van der Waals surface area (Å²) < 4.78 is 5.28. The van der Waals surface area contributed by atoms with Gasteiger partial charge in [-0.05, 0) is 31.9 Å². The van der Waals surface area contributed by atoms with Gasteiger partial charge in [0.2, 0.25) is 0 Å². The van der Waals surface area contributed by atoms with E-state index in [1.807, 2.05) is 0 Å². The van der Waals surface area contributed by atoms with Gasteiger partial charge in [0.05, 0.1) is 12.0 Å². The first kappa shape index (κ1) is 13.6. The van der Waals surface area contributed by atoms with Gasteiger partial charge in [-0.3, -0.25) is 9.59 Å². The van der Waals surface area contributed by atoms with Crippen LogP contribution in [0.4, 0.5) is 0 Å². The number of aliphatic carboxylic acids is 1. The molecule has 1 amide bonds. The fourth-order valence-corrected chi connectivity index (χ4v) is 2.72. The third kappa shape index (κ3) is 3.36. The highest BCUT2D eigenvalue weighted by molar-refractivity contribution is 5.92. The molecule has 2 rings (SSSR count). The minimum absolute atomic E-state index is 0.0293. The number of carbonyl (C=O) groups excluding carboxylic acids is 1. The van der Waals surface area contributed by atoms with Crippen LogP contribution in [0.25, 0.3) is 0 Å². The van der Waals surface area contributed by atoms with Gasteiger partial charge in [-0.2, -0.15) is 0 Å². The van der Waals surface area contributed by atoms with E-state index in [9.17, 15) is 9.59 Å². The lowest BCUT2D eigenvalue weighted by molar-refractivity contribution is -0.139. The third-order valence-electron chi connectivity index (χ3n) is 3.64. The van der Waals surface area contributed by atoms with Crippen LogP contribution in [0.3, 0.4) is 0 Å². The Morgan fingerprint density at radius 3 is 2.53 bits per heavy atom. The van der Waals surface area contributed by atoms with Gasteiger partial charge in [-0.25, -0.2) is 0 Å². The van der Waals surface area contributed by atoms with E-state index in [1.54, 1.807) is 19.1 Å². The summed E-state index contributed by atoms with van der Waals surface area (Å²) in [6.45, 7) is 1.77. The topological polar surface area (TPSA) is 79.5 Å². The molecule has 104 valence electrons. The van der Waals surface area contributed by atoms with Crippen molar-refractivity contribution >= 4 is 11.9 Å². The minimum atomic E-state index is -0.877. The van der Waals surface area contributed by atoms with Gasteiger partial charge < -0.3 is 14.8 Å². The summed E-state index contributed by atoms with van der Waals surface area (Å²) in [6, 6.07) is 3.33. The van der Waals surface area contributed by atoms with E-state index in [0.717, 1.165) is 19.3 Å². The minimum Gasteiger partial charge on any atom is -0.481 e. The van der Waals surface area contributed by atoms with Crippen molar-refractivity contribution in [1.82, 2.24) is 5.32 Å². The molecule has 1 aliphatic carbocycles. The first-order valence-electron chi connectivity index (χ1n) is 6.62. The zero-order valence-corrected chi connectivity index (χ0v) is 11.1. The number of carboxylic acids is 1. The number of rotatable bonds is 4. The van der Waals surface area contributed by atoms with Crippen molar-refractivity contribution < 1.29 is 19.1 Å². The number of carboxylic acid groups (broad SMARTS) is 1. The maximum absolute atomic E-state index is 12.1. The van der Waals surface area contributed by atoms with Crippen molar-refractivity contribution in [3.8, 4) is 0 Å². The van der Waals surface area contributed by atoms with E-state index in [4.69, 9.17) is 9.52 Å². The average molecular weight is 265 g/mol. The molecule has 0 spiro atoms. The number of furan rings is 1. The Morgan fingerprint density at radius 1 is 1.32 bits per heavy atom. The molecule has 1 aromatic rings. The largest absolute Gasteiger partial charge is 0.481 e. The first-order valence-corrected chi connectivity index (χ1v) is 6.62. The van der Waals surface area contributed by atoms with Crippen LogP contribution in [0.5, 0.6) is 0 Å². The van der Waals surface area contributed by atoms with E-state index < -0.39 is 11.5 Å². The number of aryl methyl sites for hydroxylation is 1. The molecule has 0 aromatic carbocycles. The normalized spacial score (nSPS) is 17.9. The predicted octanol–water partition coefficient (Wildman–Crippen LogP) is 2.50. The molecule has 1 heterocycles. The molecule has 0 aliphatic heterocycles. The third-order valence-corrected chi connectivity index (χ3v) is 3.64. The van der Waals surface area contributed by atoms with Crippen LogP contribution in [0.1, 0.15) is 54.8 Å². The molecule has 5 heteroatoms. The maximum atomic E-state index is 12.1. The molecule has 1 aromatic heterocycles. The SMILES string of the molecule is Cc1ccc(C(=O)NC2(CC(=O)O)CCCCC2)o1. The van der Waals surface area contributed by atoms with Gasteiger partial charge in [0.15, 0.2) is 5.76 Å². The maximum Gasteiger partial charge on any atom is 0.305 e. The molecule has 0 unspecified atom stereocenters. The second-order valence-corrected chi connectivity index (χ2v) is 5.28. The molecule has 1 aliphatic rings. The summed E-state index contributed by atoms with van der Waals surface area (Å²) >= 11 is 0. The van der Waals surface area contributed by atoms with E-state index in [0.29, 0.717) is 18.6 Å². The van der Waals surface area contributed by atoms with Crippen LogP contribution < -0.4 is 5.32 Å². The van der Waals surface area contributed by atoms with Gasteiger partial charge in [-0.1, -0.05) is 19.3 Å². The van der Waals surface area contributed by atoms with Gasteiger partial charge >= 0.3 is 5.97 Å². The highest BCUT2D eigenvalue weighted by Gasteiger charge is 2.36. The first-order chi connectivity index (χ1) is 9.01. The van der Waals surface area contributed by atoms with Crippen molar-refractivity contribution in [3.05, 3.63) is 23.7 Å². The van der Waals surface area contributed by atoms with Crippen molar-refractivity contribution in [1.29, 1.82) is 0 Å². The predicted molar refractivity (Wildman–Crippen MR) is 69.0 cm³/mol. The van der Waals surface area contributed by atoms with Crippen LogP contribution in [-0.2, 0) is 4.79 Å². The van der Waals surface area contributed by atoms with Crippen molar-refractivity contribution in [2.75, 3.05) is 0 Å². The molecule has 0 saturated heterocycles. The Hall–Kier alpha value is -1.78. The molecule has 0 bridgehead atoms. The van der Waals surface area contributed by atoms with E-state index in [-0.39, 0.29) is 18.1 Å². The number of carbonyl (C=O) groups is 2. The lowest BCUT2D eigenvalue weighted by atomic mass is 9.79. The average Bonchev–Trinajstić information content (AvgIpc) is 2.76. The van der Waals surface area contributed by atoms with Crippen LogP contribution in [0, 0.1) is 6.92 Å². The number of amides is 1. The molecule has 19 heavy (non-hydrogen) atoms. The fraction of sp³-hybridized carbons (Fsp3) is 0.571. The Labute approximate surface area is 112 Å². The zero-order valence-electron chi connectivity index (χ0n) is 11.1. The van der Waals surface area contributed by atoms with E-state index in [2.05, 4.69) is 5.32 Å². The second kappa shape index (κ2) is 5.47. The molecule has 5 nitrogen and oxygen atoms in total. The summed E-state index contributed by atoms with van der Waals surface area (Å²) in [5.74, 6) is -0.289. The van der Waals surface area contributed by atoms with Gasteiger partial charge in [0.25, 0.3) is 5.91 Å². The Balaban J connectivity index is 2.11. The lowest BCUT2D eigenvalue weighted by Gasteiger charge is -2.36. The van der Waals surface area contributed by atoms with Crippen molar-refractivity contribution in [2.45, 2.75) is 51.0 Å². The van der Waals surface area contributed by atoms with Crippen LogP contribution in [-0.4, -0.2) is 22.5 Å². The van der Waals surface area contributed by atoms with Gasteiger partial charge in [0.1, 0.15) is 5.76 Å². The Morgan fingerprint density at radius 2 is 2.00 bits per heavy atom. The second-order valence-electron chi connectivity index (χ2n) is 5.28. The Bertz CT molecular complexity index is 472. The van der Waals surface area contributed by atoms with Gasteiger partial charge in [-0.15, -0.1) is 0 Å². The Kier molecular flexibility index (Phi) is 3.93. The molecular weight excluding hydrogens is 246 g/mol. The number of hydrogen-bond donors (Lipinski definition) is 2. The molecule has 1 fully saturated rings. The number of hydrogen-bond acceptors (Lipinski definition) is 3. The van der Waals surface area contributed by atoms with Crippen LogP contribution in [0.15, 0.2) is 16.5 Å². The molecule has 0 radical (unpaired) electrons. The summed E-state index contributed by atoms with van der Waals surface area (Å²) in [4.78, 5) is 23.1. The van der Waals surface area contributed by atoms with Gasteiger partial charge in [0, 0.05) is 0 Å². The van der Waals surface area contributed by atoms with Crippen molar-refractivity contribution in [3.63, 3.8) is 0 Å². The smallest absolute Gasteiger partial charge is 0.305 e. The zero-order chi connectivity index (χ0) is 13.9. The number of nitrogens with one attached hydrogen (secondary N) is 1. The lowest BCUT2D eigenvalue weighted by Crippen LogP contribution is -2.51. The monoisotopic (exact) mass is 265 g/mol.